The first kappa shape index (κ1) is 16.7. The molecule has 2 heterocycles. The van der Waals surface area contributed by atoms with E-state index in [2.05, 4.69) is 5.16 Å². The number of rotatable bonds is 3. The molecule has 1 aliphatic heterocycles. The molecular weight excluding hydrogens is 304 g/mol. The Morgan fingerprint density at radius 1 is 1.33 bits per heavy atom. The number of benzene rings is 1. The number of aliphatic hydroxyl groups is 1. The van der Waals surface area contributed by atoms with E-state index in [0.717, 1.165) is 24.0 Å². The fraction of sp³-hybridized carbons (Fsp3) is 0.474. The third-order valence-electron chi connectivity index (χ3n) is 4.82. The quantitative estimate of drug-likeness (QED) is 0.939. The highest BCUT2D eigenvalue weighted by molar-refractivity contribution is 5.99. The molecule has 1 N–H and O–H groups in total. The fourth-order valence-corrected chi connectivity index (χ4v) is 3.21. The maximum absolute atomic E-state index is 12.9. The predicted octanol–water partition coefficient (Wildman–Crippen LogP) is 3.27. The van der Waals surface area contributed by atoms with Crippen LogP contribution in [0, 0.1) is 12.8 Å². The summed E-state index contributed by atoms with van der Waals surface area (Å²) in [5.41, 5.74) is 1.69. The molecule has 3 rings (SSSR count). The summed E-state index contributed by atoms with van der Waals surface area (Å²) >= 11 is 0. The second-order valence-electron chi connectivity index (χ2n) is 7.18. The molecule has 0 bridgehead atoms. The van der Waals surface area contributed by atoms with Crippen LogP contribution in [-0.4, -0.2) is 39.8 Å². The van der Waals surface area contributed by atoms with Crippen molar-refractivity contribution in [1.82, 2.24) is 10.1 Å². The molecule has 0 radical (unpaired) electrons. The number of piperidine rings is 1. The summed E-state index contributed by atoms with van der Waals surface area (Å²) in [6.07, 6.45) is 3.32. The number of aromatic nitrogens is 1. The zero-order chi connectivity index (χ0) is 17.3. The Kier molecular flexibility index (Phi) is 4.45. The minimum Gasteiger partial charge on any atom is -0.390 e. The number of hydrogen-bond acceptors (Lipinski definition) is 4. The summed E-state index contributed by atoms with van der Waals surface area (Å²) in [6.45, 7) is 6.89. The van der Waals surface area contributed by atoms with Crippen LogP contribution in [0.3, 0.4) is 0 Å². The van der Waals surface area contributed by atoms with E-state index in [0.29, 0.717) is 24.4 Å². The van der Waals surface area contributed by atoms with E-state index in [1.165, 1.54) is 6.20 Å². The fourth-order valence-electron chi connectivity index (χ4n) is 3.21. The van der Waals surface area contributed by atoms with Gasteiger partial charge in [-0.05, 0) is 33.6 Å². The highest BCUT2D eigenvalue weighted by Crippen LogP contribution is 2.30. The Labute approximate surface area is 142 Å². The number of nitrogens with zero attached hydrogens (tertiary/aromatic N) is 2. The SMILES string of the molecule is Cc1ccc(-c2oncc2C(=O)N2CCC[C@@H](C(C)(C)O)C2)cc1. The molecule has 1 aromatic heterocycles. The molecule has 5 heteroatoms. The van der Waals surface area contributed by atoms with Crippen LogP contribution in [0.15, 0.2) is 35.0 Å². The van der Waals surface area contributed by atoms with Crippen molar-refractivity contribution in [3.8, 4) is 11.3 Å². The lowest BCUT2D eigenvalue weighted by atomic mass is 9.84. The molecule has 1 amide bonds. The van der Waals surface area contributed by atoms with Gasteiger partial charge >= 0.3 is 0 Å². The van der Waals surface area contributed by atoms with Crippen LogP contribution in [0.25, 0.3) is 11.3 Å². The van der Waals surface area contributed by atoms with E-state index in [-0.39, 0.29) is 11.8 Å². The number of carbonyl (C=O) groups excluding carboxylic acids is 1. The minimum atomic E-state index is -0.784. The van der Waals surface area contributed by atoms with Gasteiger partial charge in [-0.1, -0.05) is 35.0 Å². The van der Waals surface area contributed by atoms with Gasteiger partial charge in [0.2, 0.25) is 0 Å². The molecule has 1 atom stereocenters. The van der Waals surface area contributed by atoms with Crippen LogP contribution >= 0.6 is 0 Å². The van der Waals surface area contributed by atoms with Gasteiger partial charge in [0.05, 0.1) is 11.8 Å². The Balaban J connectivity index is 1.83. The van der Waals surface area contributed by atoms with Crippen LogP contribution in [0.5, 0.6) is 0 Å². The average Bonchev–Trinajstić information content (AvgIpc) is 3.04. The second kappa shape index (κ2) is 6.40. The van der Waals surface area contributed by atoms with E-state index in [1.54, 1.807) is 4.90 Å². The topological polar surface area (TPSA) is 66.6 Å². The molecule has 0 spiro atoms. The lowest BCUT2D eigenvalue weighted by Crippen LogP contribution is -2.46. The Bertz CT molecular complexity index is 713. The highest BCUT2D eigenvalue weighted by atomic mass is 16.5. The first-order valence-electron chi connectivity index (χ1n) is 8.39. The maximum Gasteiger partial charge on any atom is 0.259 e. The van der Waals surface area contributed by atoms with Gasteiger partial charge in [-0.3, -0.25) is 4.79 Å². The van der Waals surface area contributed by atoms with Crippen molar-refractivity contribution in [2.45, 2.75) is 39.2 Å². The zero-order valence-electron chi connectivity index (χ0n) is 14.5. The van der Waals surface area contributed by atoms with Crippen molar-refractivity contribution in [2.75, 3.05) is 13.1 Å². The minimum absolute atomic E-state index is 0.0814. The van der Waals surface area contributed by atoms with E-state index < -0.39 is 5.60 Å². The van der Waals surface area contributed by atoms with Crippen LogP contribution in [-0.2, 0) is 0 Å². The van der Waals surface area contributed by atoms with Crippen LogP contribution in [0.1, 0.15) is 42.6 Å². The first-order valence-corrected chi connectivity index (χ1v) is 8.39. The molecule has 24 heavy (non-hydrogen) atoms. The molecule has 1 aromatic carbocycles. The van der Waals surface area contributed by atoms with Crippen LogP contribution < -0.4 is 0 Å². The number of likely N-dealkylation sites (tertiary alicyclic amines) is 1. The third-order valence-corrected chi connectivity index (χ3v) is 4.82. The number of aryl methyl sites for hydroxylation is 1. The number of carbonyl (C=O) groups is 1. The molecule has 1 aliphatic rings. The van der Waals surface area contributed by atoms with Crippen molar-refractivity contribution >= 4 is 5.91 Å². The van der Waals surface area contributed by atoms with Crippen molar-refractivity contribution in [3.05, 3.63) is 41.6 Å². The lowest BCUT2D eigenvalue weighted by Gasteiger charge is -2.38. The maximum atomic E-state index is 12.9. The van der Waals surface area contributed by atoms with Crippen molar-refractivity contribution in [1.29, 1.82) is 0 Å². The van der Waals surface area contributed by atoms with Crippen LogP contribution in [0.2, 0.25) is 0 Å². The van der Waals surface area contributed by atoms with Gasteiger partial charge in [-0.25, -0.2) is 0 Å². The Hall–Kier alpha value is -2.14. The van der Waals surface area contributed by atoms with Gasteiger partial charge in [0, 0.05) is 24.6 Å². The largest absolute Gasteiger partial charge is 0.390 e. The predicted molar refractivity (Wildman–Crippen MR) is 91.6 cm³/mol. The van der Waals surface area contributed by atoms with Crippen molar-refractivity contribution in [3.63, 3.8) is 0 Å². The number of hydrogen-bond donors (Lipinski definition) is 1. The normalized spacial score (nSPS) is 18.7. The molecule has 0 saturated carbocycles. The van der Waals surface area contributed by atoms with Gasteiger partial charge in [-0.2, -0.15) is 0 Å². The summed E-state index contributed by atoms with van der Waals surface area (Å²) in [4.78, 5) is 14.7. The third kappa shape index (κ3) is 3.36. The van der Waals surface area contributed by atoms with E-state index >= 15 is 0 Å². The van der Waals surface area contributed by atoms with E-state index in [9.17, 15) is 9.90 Å². The standard InChI is InChI=1S/C19H24N2O3/c1-13-6-8-14(9-7-13)17-16(11-20-24-17)18(22)21-10-4-5-15(12-21)19(2,3)23/h6-9,11,15,23H,4-5,10,12H2,1-3H3/t15-/m1/s1. The lowest BCUT2D eigenvalue weighted by molar-refractivity contribution is -0.0146. The van der Waals surface area contributed by atoms with Crippen molar-refractivity contribution < 1.29 is 14.4 Å². The molecule has 0 aliphatic carbocycles. The average molecular weight is 328 g/mol. The highest BCUT2D eigenvalue weighted by Gasteiger charge is 2.34. The monoisotopic (exact) mass is 328 g/mol. The van der Waals surface area contributed by atoms with Gasteiger partial charge in [-0.15, -0.1) is 0 Å². The molecule has 128 valence electrons. The van der Waals surface area contributed by atoms with E-state index in [4.69, 9.17) is 4.52 Å². The van der Waals surface area contributed by atoms with Crippen LogP contribution in [0.4, 0.5) is 0 Å². The number of amides is 1. The molecule has 1 fully saturated rings. The summed E-state index contributed by atoms with van der Waals surface area (Å²) in [5, 5.41) is 14.1. The molecule has 0 unspecified atom stereocenters. The first-order chi connectivity index (χ1) is 11.4. The second-order valence-corrected chi connectivity index (χ2v) is 7.18. The summed E-state index contributed by atoms with van der Waals surface area (Å²) in [5.74, 6) is 0.504. The van der Waals surface area contributed by atoms with Gasteiger partial charge in [0.1, 0.15) is 5.56 Å². The van der Waals surface area contributed by atoms with E-state index in [1.807, 2.05) is 45.0 Å². The van der Waals surface area contributed by atoms with Gasteiger partial charge < -0.3 is 14.5 Å². The molecule has 2 aromatic rings. The molecular formula is C19H24N2O3. The van der Waals surface area contributed by atoms with Gasteiger partial charge in [0.25, 0.3) is 5.91 Å². The Morgan fingerprint density at radius 3 is 2.71 bits per heavy atom. The van der Waals surface area contributed by atoms with Gasteiger partial charge in [0.15, 0.2) is 5.76 Å². The summed E-state index contributed by atoms with van der Waals surface area (Å²) in [7, 11) is 0. The molecule has 1 saturated heterocycles. The Morgan fingerprint density at radius 2 is 2.04 bits per heavy atom. The zero-order valence-corrected chi connectivity index (χ0v) is 14.5. The molecule has 5 nitrogen and oxygen atoms in total. The summed E-state index contributed by atoms with van der Waals surface area (Å²) < 4.78 is 5.35. The smallest absolute Gasteiger partial charge is 0.259 e. The summed E-state index contributed by atoms with van der Waals surface area (Å²) in [6, 6.07) is 7.83. The van der Waals surface area contributed by atoms with Crippen molar-refractivity contribution in [2.24, 2.45) is 5.92 Å².